The molecule has 0 heterocycles. The van der Waals surface area contributed by atoms with E-state index in [4.69, 9.17) is 0 Å². The van der Waals surface area contributed by atoms with Gasteiger partial charge in [0.05, 0.1) is 6.10 Å². The first-order chi connectivity index (χ1) is 4.77. The highest BCUT2D eigenvalue weighted by Crippen LogP contribution is 2.39. The van der Waals surface area contributed by atoms with Gasteiger partial charge in [0.25, 0.3) is 0 Å². The lowest BCUT2D eigenvalue weighted by atomic mass is 9.88. The van der Waals surface area contributed by atoms with Crippen LogP contribution in [0.5, 0.6) is 0 Å². The maximum absolute atomic E-state index is 11.1. The lowest BCUT2D eigenvalue weighted by molar-refractivity contribution is -0.126. The number of carbonyl (C=O) groups is 1. The molecule has 0 saturated heterocycles. The summed E-state index contributed by atoms with van der Waals surface area (Å²) in [6.45, 7) is 0. The zero-order valence-corrected chi connectivity index (χ0v) is 5.92. The van der Waals surface area contributed by atoms with E-state index in [0.717, 1.165) is 19.3 Å². The first-order valence-electron chi connectivity index (χ1n) is 3.98. The Kier molecular flexibility index (Phi) is 1.31. The molecule has 2 aliphatic rings. The Bertz CT molecular complexity index is 165. The van der Waals surface area contributed by atoms with Gasteiger partial charge in [-0.25, -0.2) is 0 Å². The average molecular weight is 140 g/mol. The summed E-state index contributed by atoms with van der Waals surface area (Å²) in [5, 5.41) is 9.35. The molecule has 10 heavy (non-hydrogen) atoms. The van der Waals surface area contributed by atoms with Gasteiger partial charge in [-0.3, -0.25) is 4.79 Å². The molecule has 2 aliphatic carbocycles. The molecular weight excluding hydrogens is 128 g/mol. The second-order valence-corrected chi connectivity index (χ2v) is 3.52. The third kappa shape index (κ3) is 0.788. The summed E-state index contributed by atoms with van der Waals surface area (Å²) in [5.74, 6) is 0.956. The van der Waals surface area contributed by atoms with E-state index in [1.165, 1.54) is 0 Å². The number of rotatable bonds is 0. The van der Waals surface area contributed by atoms with Crippen molar-refractivity contribution in [1.82, 2.24) is 0 Å². The minimum Gasteiger partial charge on any atom is -0.392 e. The Labute approximate surface area is 60.2 Å². The summed E-state index contributed by atoms with van der Waals surface area (Å²) in [6.07, 6.45) is 3.26. The highest BCUT2D eigenvalue weighted by Gasteiger charge is 2.40. The maximum Gasteiger partial charge on any atom is 0.138 e. The minimum absolute atomic E-state index is 0.0127. The summed E-state index contributed by atoms with van der Waals surface area (Å²) < 4.78 is 0. The fourth-order valence-corrected chi connectivity index (χ4v) is 2.23. The molecule has 0 radical (unpaired) electrons. The normalized spacial score (nSPS) is 46.1. The van der Waals surface area contributed by atoms with Crippen LogP contribution in [0.4, 0.5) is 0 Å². The quantitative estimate of drug-likeness (QED) is 0.538. The van der Waals surface area contributed by atoms with Gasteiger partial charge < -0.3 is 5.11 Å². The molecule has 0 aromatic heterocycles. The standard InChI is InChI=1S/C8H12O2/c9-7-2-1-5-3-6(7)8(10)4-5/h5-6,8,10H,1-4H2/t5-,6-,8-/m0/s1. The summed E-state index contributed by atoms with van der Waals surface area (Å²) in [6, 6.07) is 0. The first kappa shape index (κ1) is 6.35. The molecule has 0 unspecified atom stereocenters. The Morgan fingerprint density at radius 1 is 1.40 bits per heavy atom. The average Bonchev–Trinajstić information content (AvgIpc) is 2.21. The van der Waals surface area contributed by atoms with E-state index in [1.54, 1.807) is 0 Å². The predicted octanol–water partition coefficient (Wildman–Crippen LogP) is 0.736. The molecule has 1 N–H and O–H groups in total. The summed E-state index contributed by atoms with van der Waals surface area (Å²) >= 11 is 0. The number of aliphatic hydroxyl groups excluding tert-OH is 1. The van der Waals surface area contributed by atoms with E-state index >= 15 is 0 Å². The molecule has 2 fully saturated rings. The molecule has 56 valence electrons. The van der Waals surface area contributed by atoms with E-state index in [1.807, 2.05) is 0 Å². The van der Waals surface area contributed by atoms with Crippen LogP contribution in [-0.4, -0.2) is 17.0 Å². The molecule has 0 aliphatic heterocycles. The monoisotopic (exact) mass is 140 g/mol. The minimum atomic E-state index is -0.306. The summed E-state index contributed by atoms with van der Waals surface area (Å²) in [5.41, 5.74) is 0. The van der Waals surface area contributed by atoms with Crippen LogP contribution in [0.2, 0.25) is 0 Å². The van der Waals surface area contributed by atoms with Gasteiger partial charge in [-0.15, -0.1) is 0 Å². The zero-order chi connectivity index (χ0) is 7.14. The number of ketones is 1. The van der Waals surface area contributed by atoms with Crippen molar-refractivity contribution in [2.24, 2.45) is 11.8 Å². The highest BCUT2D eigenvalue weighted by molar-refractivity contribution is 5.82. The number of fused-ring (bicyclic) bond motifs is 2. The molecule has 2 rings (SSSR count). The van der Waals surface area contributed by atoms with Crippen molar-refractivity contribution in [3.8, 4) is 0 Å². The number of hydrogen-bond donors (Lipinski definition) is 1. The molecule has 2 nitrogen and oxygen atoms in total. The summed E-state index contributed by atoms with van der Waals surface area (Å²) in [7, 11) is 0. The van der Waals surface area contributed by atoms with Crippen LogP contribution in [0.1, 0.15) is 25.7 Å². The Morgan fingerprint density at radius 3 is 2.90 bits per heavy atom. The van der Waals surface area contributed by atoms with Crippen LogP contribution in [-0.2, 0) is 4.79 Å². The summed E-state index contributed by atoms with van der Waals surface area (Å²) in [4.78, 5) is 11.1. The van der Waals surface area contributed by atoms with Crippen LogP contribution in [0.25, 0.3) is 0 Å². The number of Topliss-reactive ketones (excluding diaryl/α,β-unsaturated/α-hetero) is 1. The van der Waals surface area contributed by atoms with Crippen molar-refractivity contribution in [2.45, 2.75) is 31.8 Å². The van der Waals surface area contributed by atoms with Gasteiger partial charge >= 0.3 is 0 Å². The third-order valence-electron chi connectivity index (χ3n) is 2.84. The molecule has 3 atom stereocenters. The van der Waals surface area contributed by atoms with Crippen LogP contribution in [0.15, 0.2) is 0 Å². The molecule has 0 amide bonds. The molecule has 0 aromatic carbocycles. The number of aliphatic hydroxyl groups is 1. The lowest BCUT2D eigenvalue weighted by Crippen LogP contribution is -2.23. The second kappa shape index (κ2) is 2.06. The van der Waals surface area contributed by atoms with Gasteiger partial charge in [0.15, 0.2) is 0 Å². The van der Waals surface area contributed by atoms with Crippen molar-refractivity contribution in [2.75, 3.05) is 0 Å². The van der Waals surface area contributed by atoms with Crippen LogP contribution >= 0.6 is 0 Å². The number of carbonyl (C=O) groups excluding carboxylic acids is 1. The van der Waals surface area contributed by atoms with Gasteiger partial charge in [-0.05, 0) is 25.2 Å². The van der Waals surface area contributed by atoms with E-state index in [-0.39, 0.29) is 12.0 Å². The molecule has 2 heteroatoms. The van der Waals surface area contributed by atoms with Crippen LogP contribution in [0, 0.1) is 11.8 Å². The smallest absolute Gasteiger partial charge is 0.138 e. The van der Waals surface area contributed by atoms with Gasteiger partial charge in [-0.1, -0.05) is 0 Å². The Hall–Kier alpha value is -0.370. The fraction of sp³-hybridized carbons (Fsp3) is 0.875. The van der Waals surface area contributed by atoms with Gasteiger partial charge in [0.1, 0.15) is 5.78 Å². The van der Waals surface area contributed by atoms with Crippen molar-refractivity contribution < 1.29 is 9.90 Å². The topological polar surface area (TPSA) is 37.3 Å². The van der Waals surface area contributed by atoms with Crippen molar-refractivity contribution in [3.63, 3.8) is 0 Å². The molecule has 0 aromatic rings. The van der Waals surface area contributed by atoms with Crippen molar-refractivity contribution >= 4 is 5.78 Å². The molecule has 2 bridgehead atoms. The SMILES string of the molecule is O=C1CC[C@@H]2C[C@H](O)[C@H]1C2. The molecular formula is C8H12O2. The van der Waals surface area contributed by atoms with Crippen molar-refractivity contribution in [3.05, 3.63) is 0 Å². The maximum atomic E-state index is 11.1. The largest absolute Gasteiger partial charge is 0.392 e. The number of hydrogen-bond acceptors (Lipinski definition) is 2. The lowest BCUT2D eigenvalue weighted by Gasteiger charge is -2.16. The van der Waals surface area contributed by atoms with Gasteiger partial charge in [0, 0.05) is 12.3 Å². The predicted molar refractivity (Wildman–Crippen MR) is 36.5 cm³/mol. The van der Waals surface area contributed by atoms with Crippen molar-refractivity contribution in [1.29, 1.82) is 0 Å². The van der Waals surface area contributed by atoms with Gasteiger partial charge in [0.2, 0.25) is 0 Å². The first-order valence-corrected chi connectivity index (χ1v) is 3.98. The highest BCUT2D eigenvalue weighted by atomic mass is 16.3. The van der Waals surface area contributed by atoms with Crippen LogP contribution in [0.3, 0.4) is 0 Å². The van der Waals surface area contributed by atoms with E-state index in [9.17, 15) is 9.90 Å². The van der Waals surface area contributed by atoms with Gasteiger partial charge in [-0.2, -0.15) is 0 Å². The molecule has 0 spiro atoms. The Morgan fingerprint density at radius 2 is 2.20 bits per heavy atom. The van der Waals surface area contributed by atoms with E-state index in [2.05, 4.69) is 0 Å². The second-order valence-electron chi connectivity index (χ2n) is 3.52. The molecule has 2 saturated carbocycles. The van der Waals surface area contributed by atoms with Crippen LogP contribution < -0.4 is 0 Å². The Balaban J connectivity index is 2.17. The zero-order valence-electron chi connectivity index (χ0n) is 5.92. The fourth-order valence-electron chi connectivity index (χ4n) is 2.23. The van der Waals surface area contributed by atoms with E-state index < -0.39 is 0 Å². The van der Waals surface area contributed by atoms with E-state index in [0.29, 0.717) is 18.1 Å². The third-order valence-corrected chi connectivity index (χ3v) is 2.84.